The molecule has 0 atom stereocenters. The lowest BCUT2D eigenvalue weighted by Crippen LogP contribution is -2.40. The van der Waals surface area contributed by atoms with Gasteiger partial charge in [0.1, 0.15) is 5.69 Å². The van der Waals surface area contributed by atoms with E-state index in [4.69, 9.17) is 0 Å². The number of para-hydroxylation sites is 1. The molecule has 1 aliphatic rings. The first-order valence-corrected chi connectivity index (χ1v) is 9.75. The molecule has 1 aliphatic heterocycles. The minimum absolute atomic E-state index is 0.115. The third-order valence-corrected chi connectivity index (χ3v) is 5.83. The van der Waals surface area contributed by atoms with Crippen LogP contribution in [0.15, 0.2) is 47.4 Å². The zero-order valence-electron chi connectivity index (χ0n) is 14.9. The van der Waals surface area contributed by atoms with Crippen LogP contribution in [0, 0.1) is 10.1 Å². The highest BCUT2D eigenvalue weighted by Crippen LogP contribution is 2.40. The zero-order chi connectivity index (χ0) is 19.1. The van der Waals surface area contributed by atoms with Crippen molar-refractivity contribution in [2.75, 3.05) is 11.4 Å². The maximum Gasteiger partial charge on any atom is 0.294 e. The van der Waals surface area contributed by atoms with Gasteiger partial charge in [0.05, 0.1) is 9.82 Å². The van der Waals surface area contributed by atoms with Crippen LogP contribution >= 0.6 is 0 Å². The highest BCUT2D eigenvalue weighted by molar-refractivity contribution is 7.89. The lowest BCUT2D eigenvalue weighted by Gasteiger charge is -2.22. The molecule has 0 bridgehead atoms. The molecular formula is C18H21N3O4S. The topological polar surface area (TPSA) is 92.6 Å². The van der Waals surface area contributed by atoms with Crippen molar-refractivity contribution in [1.82, 2.24) is 4.72 Å². The van der Waals surface area contributed by atoms with Crippen LogP contribution in [0.5, 0.6) is 0 Å². The smallest absolute Gasteiger partial charge is 0.294 e. The number of sulfonamides is 1. The summed E-state index contributed by atoms with van der Waals surface area (Å²) in [5.41, 5.74) is 1.53. The summed E-state index contributed by atoms with van der Waals surface area (Å²) in [6.45, 7) is 5.77. The first-order valence-electron chi connectivity index (χ1n) is 8.26. The van der Waals surface area contributed by atoms with Crippen LogP contribution in [0.25, 0.3) is 0 Å². The molecule has 0 saturated heterocycles. The minimum Gasteiger partial charge on any atom is -0.335 e. The van der Waals surface area contributed by atoms with Crippen LogP contribution in [0.4, 0.5) is 17.1 Å². The molecule has 0 unspecified atom stereocenters. The van der Waals surface area contributed by atoms with E-state index in [1.807, 2.05) is 29.2 Å². The Labute approximate surface area is 152 Å². The number of hydrogen-bond acceptors (Lipinski definition) is 5. The van der Waals surface area contributed by atoms with E-state index in [-0.39, 0.29) is 10.6 Å². The van der Waals surface area contributed by atoms with Gasteiger partial charge in [-0.1, -0.05) is 18.2 Å². The molecule has 3 rings (SSSR count). The average Bonchev–Trinajstić information content (AvgIpc) is 2.96. The van der Waals surface area contributed by atoms with Crippen molar-refractivity contribution in [2.45, 2.75) is 37.6 Å². The second-order valence-electron chi connectivity index (χ2n) is 7.29. The van der Waals surface area contributed by atoms with Crippen molar-refractivity contribution in [3.05, 3.63) is 58.1 Å². The van der Waals surface area contributed by atoms with E-state index in [2.05, 4.69) is 4.72 Å². The zero-order valence-corrected chi connectivity index (χ0v) is 15.7. The first-order chi connectivity index (χ1) is 12.1. The lowest BCUT2D eigenvalue weighted by atomic mass is 10.1. The predicted octanol–water partition coefficient (Wildman–Crippen LogP) is 3.37. The van der Waals surface area contributed by atoms with E-state index in [1.165, 1.54) is 12.1 Å². The van der Waals surface area contributed by atoms with Crippen molar-refractivity contribution in [3.8, 4) is 0 Å². The molecule has 0 aliphatic carbocycles. The summed E-state index contributed by atoms with van der Waals surface area (Å²) in [5.74, 6) is 0. The molecule has 2 aromatic carbocycles. The van der Waals surface area contributed by atoms with Crippen molar-refractivity contribution in [1.29, 1.82) is 0 Å². The molecule has 7 nitrogen and oxygen atoms in total. The van der Waals surface area contributed by atoms with Crippen LogP contribution in [-0.2, 0) is 16.4 Å². The Hall–Kier alpha value is -2.45. The predicted molar refractivity (Wildman–Crippen MR) is 100 cm³/mol. The van der Waals surface area contributed by atoms with Crippen LogP contribution in [0.2, 0.25) is 0 Å². The van der Waals surface area contributed by atoms with Crippen molar-refractivity contribution in [2.24, 2.45) is 0 Å². The maximum absolute atomic E-state index is 12.5. The second-order valence-corrected chi connectivity index (χ2v) is 8.98. The molecule has 138 valence electrons. The molecule has 8 heteroatoms. The summed E-state index contributed by atoms with van der Waals surface area (Å²) < 4.78 is 27.5. The molecule has 0 spiro atoms. The summed E-state index contributed by atoms with van der Waals surface area (Å²) >= 11 is 0. The fourth-order valence-corrected chi connectivity index (χ4v) is 4.53. The Morgan fingerprint density at radius 1 is 1.12 bits per heavy atom. The van der Waals surface area contributed by atoms with E-state index in [1.54, 1.807) is 20.8 Å². The van der Waals surface area contributed by atoms with Gasteiger partial charge < -0.3 is 4.90 Å². The summed E-state index contributed by atoms with van der Waals surface area (Å²) in [4.78, 5) is 12.8. The number of nitrogens with zero attached hydrogens (tertiary/aromatic N) is 2. The van der Waals surface area contributed by atoms with Crippen molar-refractivity contribution < 1.29 is 13.3 Å². The quantitative estimate of drug-likeness (QED) is 0.653. The van der Waals surface area contributed by atoms with Crippen molar-refractivity contribution in [3.63, 3.8) is 0 Å². The number of benzene rings is 2. The number of fused-ring (bicyclic) bond motifs is 1. The van der Waals surface area contributed by atoms with E-state index >= 15 is 0 Å². The SMILES string of the molecule is CC(C)(C)NS(=O)(=O)c1ccc(N2CCc3ccccc32)c([N+](=O)[O-])c1. The van der Waals surface area contributed by atoms with E-state index in [9.17, 15) is 18.5 Å². The van der Waals surface area contributed by atoms with Gasteiger partial charge in [-0.15, -0.1) is 0 Å². The Kier molecular flexibility index (Phi) is 4.49. The molecule has 26 heavy (non-hydrogen) atoms. The number of rotatable bonds is 4. The van der Waals surface area contributed by atoms with Crippen molar-refractivity contribution >= 4 is 27.1 Å². The highest BCUT2D eigenvalue weighted by atomic mass is 32.2. The average molecular weight is 375 g/mol. The molecule has 1 N–H and O–H groups in total. The molecule has 0 fully saturated rings. The standard InChI is InChI=1S/C18H21N3O4S/c1-18(2,3)19-26(24,25)14-8-9-16(17(12-14)21(22)23)20-11-10-13-6-4-5-7-15(13)20/h4-9,12,19H,10-11H2,1-3H3. The lowest BCUT2D eigenvalue weighted by molar-refractivity contribution is -0.384. The molecule has 0 radical (unpaired) electrons. The Bertz CT molecular complexity index is 965. The first kappa shape index (κ1) is 18.3. The third-order valence-electron chi connectivity index (χ3n) is 4.07. The summed E-state index contributed by atoms with van der Waals surface area (Å²) in [6.07, 6.45) is 0.791. The van der Waals surface area contributed by atoms with Gasteiger partial charge in [0.25, 0.3) is 5.69 Å². The number of nitro groups is 1. The number of hydrogen-bond donors (Lipinski definition) is 1. The Morgan fingerprint density at radius 2 is 1.81 bits per heavy atom. The van der Waals surface area contributed by atoms with E-state index in [0.717, 1.165) is 23.7 Å². The van der Waals surface area contributed by atoms with Gasteiger partial charge in [-0.3, -0.25) is 10.1 Å². The van der Waals surface area contributed by atoms with Crippen LogP contribution < -0.4 is 9.62 Å². The van der Waals surface area contributed by atoms with Crippen LogP contribution in [-0.4, -0.2) is 25.4 Å². The third kappa shape index (κ3) is 3.56. The summed E-state index contributed by atoms with van der Waals surface area (Å²) in [5, 5.41) is 11.6. The molecule has 0 amide bonds. The molecule has 0 saturated carbocycles. The van der Waals surface area contributed by atoms with Gasteiger partial charge in [-0.2, -0.15) is 0 Å². The van der Waals surface area contributed by atoms with Gasteiger partial charge >= 0.3 is 0 Å². The van der Waals surface area contributed by atoms with Gasteiger partial charge in [0.15, 0.2) is 0 Å². The van der Waals surface area contributed by atoms with Gasteiger partial charge in [0.2, 0.25) is 10.0 Å². The second kappa shape index (κ2) is 6.37. The molecule has 1 heterocycles. The maximum atomic E-state index is 12.5. The van der Waals surface area contributed by atoms with Gasteiger partial charge in [-0.25, -0.2) is 13.1 Å². The number of nitrogens with one attached hydrogen (secondary N) is 1. The molecule has 0 aromatic heterocycles. The Balaban J connectivity index is 2.06. The normalized spacial score (nSPS) is 14.3. The van der Waals surface area contributed by atoms with E-state index < -0.39 is 20.5 Å². The molecule has 2 aromatic rings. The van der Waals surface area contributed by atoms with Gasteiger partial charge in [0, 0.05) is 23.8 Å². The van der Waals surface area contributed by atoms with Gasteiger partial charge in [-0.05, 0) is 51.0 Å². The largest absolute Gasteiger partial charge is 0.335 e. The van der Waals surface area contributed by atoms with Crippen LogP contribution in [0.1, 0.15) is 26.3 Å². The number of anilines is 2. The van der Waals surface area contributed by atoms with E-state index in [0.29, 0.717) is 12.2 Å². The fraction of sp³-hybridized carbons (Fsp3) is 0.333. The number of nitro benzene ring substituents is 1. The monoisotopic (exact) mass is 375 g/mol. The summed E-state index contributed by atoms with van der Waals surface area (Å²) in [6, 6.07) is 11.8. The van der Waals surface area contributed by atoms with Crippen LogP contribution in [0.3, 0.4) is 0 Å². The summed E-state index contributed by atoms with van der Waals surface area (Å²) in [7, 11) is -3.85. The molecular weight excluding hydrogens is 354 g/mol. The Morgan fingerprint density at radius 3 is 2.46 bits per heavy atom. The fourth-order valence-electron chi connectivity index (χ4n) is 3.10. The minimum atomic E-state index is -3.85. The highest BCUT2D eigenvalue weighted by Gasteiger charge is 2.29.